The zero-order valence-electron chi connectivity index (χ0n) is 15.9. The highest BCUT2D eigenvalue weighted by atomic mass is 16.5. The Balaban J connectivity index is 1.46. The Morgan fingerprint density at radius 2 is 1.69 bits per heavy atom. The number of carbonyl (C=O) groups is 3. The molecule has 0 aromatic heterocycles. The van der Waals surface area contributed by atoms with Crippen LogP contribution in [-0.2, 0) is 9.59 Å². The van der Waals surface area contributed by atoms with Crippen LogP contribution in [0.4, 0.5) is 11.4 Å². The van der Waals surface area contributed by atoms with Gasteiger partial charge in [-0.2, -0.15) is 0 Å². The van der Waals surface area contributed by atoms with Crippen molar-refractivity contribution < 1.29 is 19.1 Å². The van der Waals surface area contributed by atoms with Crippen LogP contribution in [0.3, 0.4) is 0 Å². The molecule has 4 atom stereocenters. The SMILES string of the molecule is COc1cccc(NC(=O)c2ccccc2N2C(=O)[C@H]3[C@H](C2=O)[C@H]2C=C[C@H]3C2)c1. The minimum absolute atomic E-state index is 0.129. The van der Waals surface area contributed by atoms with Crippen molar-refractivity contribution in [3.63, 3.8) is 0 Å². The molecule has 0 radical (unpaired) electrons. The van der Waals surface area contributed by atoms with Gasteiger partial charge < -0.3 is 10.1 Å². The first-order valence-corrected chi connectivity index (χ1v) is 9.69. The highest BCUT2D eigenvalue weighted by Crippen LogP contribution is 2.53. The van der Waals surface area contributed by atoms with E-state index < -0.39 is 0 Å². The average Bonchev–Trinajstić information content (AvgIpc) is 3.42. The van der Waals surface area contributed by atoms with E-state index in [9.17, 15) is 14.4 Å². The highest BCUT2D eigenvalue weighted by Gasteiger charge is 2.59. The minimum atomic E-state index is -0.382. The lowest BCUT2D eigenvalue weighted by molar-refractivity contribution is -0.123. The Kier molecular flexibility index (Phi) is 4.01. The summed E-state index contributed by atoms with van der Waals surface area (Å²) in [6.07, 6.45) is 4.99. The fourth-order valence-corrected chi connectivity index (χ4v) is 4.90. The third kappa shape index (κ3) is 2.67. The summed E-state index contributed by atoms with van der Waals surface area (Å²) in [5.74, 6) is -0.492. The molecule has 1 heterocycles. The lowest BCUT2D eigenvalue weighted by Gasteiger charge is -2.20. The highest BCUT2D eigenvalue weighted by molar-refractivity contribution is 6.25. The van der Waals surface area contributed by atoms with Gasteiger partial charge in [-0.1, -0.05) is 30.4 Å². The van der Waals surface area contributed by atoms with Gasteiger partial charge in [0.15, 0.2) is 0 Å². The van der Waals surface area contributed by atoms with Gasteiger partial charge in [0.05, 0.1) is 30.2 Å². The number of ether oxygens (including phenoxy) is 1. The molecule has 2 bridgehead atoms. The number of anilines is 2. The van der Waals surface area contributed by atoms with Crippen LogP contribution in [-0.4, -0.2) is 24.8 Å². The summed E-state index contributed by atoms with van der Waals surface area (Å²) >= 11 is 0. The molecule has 1 aliphatic heterocycles. The molecule has 3 amide bonds. The summed E-state index contributed by atoms with van der Waals surface area (Å²) < 4.78 is 5.19. The van der Waals surface area contributed by atoms with Crippen molar-refractivity contribution in [2.75, 3.05) is 17.3 Å². The predicted octanol–water partition coefficient (Wildman–Crippen LogP) is 3.26. The van der Waals surface area contributed by atoms with E-state index in [0.29, 0.717) is 17.1 Å². The zero-order valence-corrected chi connectivity index (χ0v) is 15.9. The van der Waals surface area contributed by atoms with Crippen molar-refractivity contribution in [1.29, 1.82) is 0 Å². The van der Waals surface area contributed by atoms with Crippen molar-refractivity contribution in [1.82, 2.24) is 0 Å². The molecule has 0 spiro atoms. The lowest BCUT2D eigenvalue weighted by Crippen LogP contribution is -2.34. The van der Waals surface area contributed by atoms with Crippen molar-refractivity contribution in [2.45, 2.75) is 6.42 Å². The second kappa shape index (κ2) is 6.58. The van der Waals surface area contributed by atoms with Gasteiger partial charge in [-0.25, -0.2) is 4.90 Å². The number of para-hydroxylation sites is 1. The Morgan fingerprint density at radius 1 is 1.00 bits per heavy atom. The molecule has 1 saturated carbocycles. The predicted molar refractivity (Wildman–Crippen MR) is 108 cm³/mol. The van der Waals surface area contributed by atoms with E-state index in [1.165, 1.54) is 4.90 Å². The molecule has 0 unspecified atom stereocenters. The number of imide groups is 1. The Hall–Kier alpha value is -3.41. The number of methoxy groups -OCH3 is 1. The van der Waals surface area contributed by atoms with E-state index in [1.807, 2.05) is 0 Å². The second-order valence-electron chi connectivity index (χ2n) is 7.71. The van der Waals surface area contributed by atoms with E-state index >= 15 is 0 Å². The van der Waals surface area contributed by atoms with Gasteiger partial charge in [-0.05, 0) is 42.5 Å². The zero-order chi connectivity index (χ0) is 20.1. The molecule has 5 rings (SSSR count). The van der Waals surface area contributed by atoms with Crippen LogP contribution >= 0.6 is 0 Å². The first-order chi connectivity index (χ1) is 14.1. The third-order valence-corrected chi connectivity index (χ3v) is 6.19. The van der Waals surface area contributed by atoms with Crippen molar-refractivity contribution in [3.8, 4) is 5.75 Å². The molecular weight excluding hydrogens is 368 g/mol. The van der Waals surface area contributed by atoms with Gasteiger partial charge in [0, 0.05) is 11.8 Å². The van der Waals surface area contributed by atoms with Crippen LogP contribution in [0, 0.1) is 23.7 Å². The molecule has 1 saturated heterocycles. The molecule has 6 heteroatoms. The Morgan fingerprint density at radius 3 is 2.38 bits per heavy atom. The van der Waals surface area contributed by atoms with Crippen LogP contribution in [0.5, 0.6) is 5.75 Å². The number of nitrogens with one attached hydrogen (secondary N) is 1. The Labute approximate surface area is 168 Å². The number of fused-ring (bicyclic) bond motifs is 5. The largest absolute Gasteiger partial charge is 0.497 e. The molecule has 2 fully saturated rings. The number of benzene rings is 2. The molecule has 6 nitrogen and oxygen atoms in total. The van der Waals surface area contributed by atoms with Crippen molar-refractivity contribution in [3.05, 3.63) is 66.2 Å². The molecule has 2 aromatic carbocycles. The second-order valence-corrected chi connectivity index (χ2v) is 7.71. The molecule has 146 valence electrons. The van der Waals surface area contributed by atoms with Gasteiger partial charge in [0.2, 0.25) is 11.8 Å². The van der Waals surface area contributed by atoms with Crippen LogP contribution in [0.2, 0.25) is 0 Å². The average molecular weight is 388 g/mol. The Bertz CT molecular complexity index is 1030. The van der Waals surface area contributed by atoms with Crippen LogP contribution < -0.4 is 15.0 Å². The van der Waals surface area contributed by atoms with Gasteiger partial charge in [-0.15, -0.1) is 0 Å². The van der Waals surface area contributed by atoms with Gasteiger partial charge in [0.1, 0.15) is 5.75 Å². The van der Waals surface area contributed by atoms with Crippen molar-refractivity contribution in [2.24, 2.45) is 23.7 Å². The third-order valence-electron chi connectivity index (χ3n) is 6.19. The van der Waals surface area contributed by atoms with E-state index in [0.717, 1.165) is 6.42 Å². The normalized spacial score (nSPS) is 26.7. The first kappa shape index (κ1) is 17.7. The number of rotatable bonds is 4. The number of hydrogen-bond acceptors (Lipinski definition) is 4. The summed E-state index contributed by atoms with van der Waals surface area (Å²) in [7, 11) is 1.56. The number of allylic oxidation sites excluding steroid dienone is 2. The summed E-state index contributed by atoms with van der Waals surface area (Å²) in [4.78, 5) is 40.5. The molecular formula is C23H20N2O4. The van der Waals surface area contributed by atoms with Crippen LogP contribution in [0.1, 0.15) is 16.8 Å². The summed E-state index contributed by atoms with van der Waals surface area (Å²) in [6, 6.07) is 13.8. The maximum absolute atomic E-state index is 13.1. The fourth-order valence-electron chi connectivity index (χ4n) is 4.90. The monoisotopic (exact) mass is 388 g/mol. The van der Waals surface area contributed by atoms with Crippen LogP contribution in [0.25, 0.3) is 0 Å². The van der Waals surface area contributed by atoms with E-state index in [1.54, 1.807) is 55.6 Å². The summed E-state index contributed by atoms with van der Waals surface area (Å²) in [6.45, 7) is 0. The van der Waals surface area contributed by atoms with Crippen LogP contribution in [0.15, 0.2) is 60.7 Å². The molecule has 29 heavy (non-hydrogen) atoms. The molecule has 2 aromatic rings. The number of carbonyl (C=O) groups excluding carboxylic acids is 3. The van der Waals surface area contributed by atoms with E-state index in [2.05, 4.69) is 17.5 Å². The molecule has 3 aliphatic rings. The quantitative estimate of drug-likeness (QED) is 0.644. The smallest absolute Gasteiger partial charge is 0.257 e. The maximum atomic E-state index is 13.1. The molecule has 1 N–H and O–H groups in total. The lowest BCUT2D eigenvalue weighted by atomic mass is 9.85. The van der Waals surface area contributed by atoms with E-state index in [-0.39, 0.29) is 47.0 Å². The number of nitrogens with zero attached hydrogens (tertiary/aromatic N) is 1. The summed E-state index contributed by atoms with van der Waals surface area (Å²) in [5, 5.41) is 2.83. The topological polar surface area (TPSA) is 75.7 Å². The van der Waals surface area contributed by atoms with Crippen molar-refractivity contribution >= 4 is 29.1 Å². The minimum Gasteiger partial charge on any atom is -0.497 e. The fraction of sp³-hybridized carbons (Fsp3) is 0.261. The van der Waals surface area contributed by atoms with Gasteiger partial charge in [0.25, 0.3) is 5.91 Å². The van der Waals surface area contributed by atoms with Gasteiger partial charge >= 0.3 is 0 Å². The van der Waals surface area contributed by atoms with E-state index in [4.69, 9.17) is 4.74 Å². The number of amides is 3. The summed E-state index contributed by atoms with van der Waals surface area (Å²) in [5.41, 5.74) is 1.20. The number of hydrogen-bond donors (Lipinski definition) is 1. The first-order valence-electron chi connectivity index (χ1n) is 9.69. The van der Waals surface area contributed by atoms with Gasteiger partial charge in [-0.3, -0.25) is 14.4 Å². The molecule has 2 aliphatic carbocycles. The maximum Gasteiger partial charge on any atom is 0.257 e. The standard InChI is InChI=1S/C23H20N2O4/c1-29-16-6-4-5-15(12-16)24-21(26)17-7-2-3-8-18(17)25-22(27)19-13-9-10-14(11-13)20(19)23(25)28/h2-10,12-14,19-20H,11H2,1H3,(H,24,26)/t13-,14-,19+,20+/m0/s1.